The second kappa shape index (κ2) is 9.29. The first-order valence-electron chi connectivity index (χ1n) is 9.50. The largest absolute Gasteiger partial charge is 0.418 e. The summed E-state index contributed by atoms with van der Waals surface area (Å²) < 4.78 is 106. The fraction of sp³-hybridized carbons (Fsp3) is 0.217. The standard InChI is InChI=1S/C23H15F8NO/c24-16-8-13(9-17(25)11-16)10-18(33)12-19(14-3-5-15(6-4-14)22(26,27)28)21-20(23(29,30)31)2-1-7-32-21/h1-9,11,19H,10,12H2/t19-/m0/s1. The van der Waals surface area contributed by atoms with Gasteiger partial charge in [0.1, 0.15) is 17.4 Å². The van der Waals surface area contributed by atoms with Crippen molar-refractivity contribution in [3.8, 4) is 0 Å². The summed E-state index contributed by atoms with van der Waals surface area (Å²) in [6, 6.07) is 7.60. The van der Waals surface area contributed by atoms with Crippen molar-refractivity contribution < 1.29 is 39.9 Å². The van der Waals surface area contributed by atoms with E-state index in [-0.39, 0.29) is 11.1 Å². The summed E-state index contributed by atoms with van der Waals surface area (Å²) in [4.78, 5) is 16.4. The molecule has 0 spiro atoms. The van der Waals surface area contributed by atoms with Gasteiger partial charge in [-0.15, -0.1) is 0 Å². The molecule has 0 aliphatic heterocycles. The number of pyridine rings is 1. The van der Waals surface area contributed by atoms with Crippen LogP contribution in [-0.4, -0.2) is 10.8 Å². The Morgan fingerprint density at radius 3 is 2.00 bits per heavy atom. The molecule has 1 atom stereocenters. The zero-order valence-corrected chi connectivity index (χ0v) is 16.6. The molecule has 0 radical (unpaired) electrons. The molecule has 3 aromatic rings. The molecule has 174 valence electrons. The van der Waals surface area contributed by atoms with Gasteiger partial charge in [-0.1, -0.05) is 12.1 Å². The van der Waals surface area contributed by atoms with Gasteiger partial charge < -0.3 is 0 Å². The lowest BCUT2D eigenvalue weighted by Gasteiger charge is -2.21. The van der Waals surface area contributed by atoms with Gasteiger partial charge in [0.25, 0.3) is 0 Å². The normalized spacial score (nSPS) is 13.1. The van der Waals surface area contributed by atoms with E-state index in [4.69, 9.17) is 0 Å². The highest BCUT2D eigenvalue weighted by molar-refractivity contribution is 5.82. The smallest absolute Gasteiger partial charge is 0.299 e. The molecule has 3 rings (SSSR count). The lowest BCUT2D eigenvalue weighted by atomic mass is 9.86. The third-order valence-corrected chi connectivity index (χ3v) is 4.87. The predicted molar refractivity (Wildman–Crippen MR) is 102 cm³/mol. The molecule has 0 saturated heterocycles. The van der Waals surface area contributed by atoms with E-state index in [1.54, 1.807) is 0 Å². The molecular formula is C23H15F8NO. The van der Waals surface area contributed by atoms with Crippen LogP contribution >= 0.6 is 0 Å². The van der Waals surface area contributed by atoms with Crippen LogP contribution in [-0.2, 0) is 23.6 Å². The second-order valence-corrected chi connectivity index (χ2v) is 7.30. The van der Waals surface area contributed by atoms with E-state index in [1.807, 2.05) is 0 Å². The number of benzene rings is 2. The van der Waals surface area contributed by atoms with Crippen LogP contribution in [0.3, 0.4) is 0 Å². The molecule has 0 aliphatic rings. The first-order valence-corrected chi connectivity index (χ1v) is 9.50. The molecule has 1 heterocycles. The van der Waals surface area contributed by atoms with E-state index in [9.17, 15) is 39.9 Å². The van der Waals surface area contributed by atoms with Crippen molar-refractivity contribution >= 4 is 5.78 Å². The van der Waals surface area contributed by atoms with Crippen LogP contribution in [0, 0.1) is 11.6 Å². The number of halogens is 8. The van der Waals surface area contributed by atoms with E-state index in [0.717, 1.165) is 42.6 Å². The van der Waals surface area contributed by atoms with Gasteiger partial charge in [-0.25, -0.2) is 8.78 Å². The van der Waals surface area contributed by atoms with Gasteiger partial charge >= 0.3 is 12.4 Å². The Balaban J connectivity index is 2.00. The van der Waals surface area contributed by atoms with E-state index in [2.05, 4.69) is 4.98 Å². The second-order valence-electron chi connectivity index (χ2n) is 7.30. The molecule has 0 bridgehead atoms. The molecule has 2 aromatic carbocycles. The number of rotatable bonds is 6. The average Bonchev–Trinajstić information content (AvgIpc) is 2.70. The summed E-state index contributed by atoms with van der Waals surface area (Å²) in [6.45, 7) is 0. The zero-order valence-electron chi connectivity index (χ0n) is 16.6. The van der Waals surface area contributed by atoms with Crippen LogP contribution in [0.15, 0.2) is 60.8 Å². The van der Waals surface area contributed by atoms with Crippen molar-refractivity contribution in [1.29, 1.82) is 0 Å². The van der Waals surface area contributed by atoms with Crippen LogP contribution in [0.1, 0.15) is 40.3 Å². The monoisotopic (exact) mass is 473 g/mol. The number of hydrogen-bond donors (Lipinski definition) is 0. The van der Waals surface area contributed by atoms with E-state index in [1.165, 1.54) is 0 Å². The summed E-state index contributed by atoms with van der Waals surface area (Å²) >= 11 is 0. The van der Waals surface area contributed by atoms with Crippen LogP contribution in [0.25, 0.3) is 0 Å². The highest BCUT2D eigenvalue weighted by Crippen LogP contribution is 2.39. The Bertz CT molecular complexity index is 1120. The third-order valence-electron chi connectivity index (χ3n) is 4.87. The third kappa shape index (κ3) is 6.15. The van der Waals surface area contributed by atoms with E-state index in [0.29, 0.717) is 18.2 Å². The molecule has 0 unspecified atom stereocenters. The van der Waals surface area contributed by atoms with E-state index < -0.39 is 65.4 Å². The average molecular weight is 473 g/mol. The fourth-order valence-corrected chi connectivity index (χ4v) is 3.45. The molecule has 33 heavy (non-hydrogen) atoms. The maximum Gasteiger partial charge on any atom is 0.418 e. The molecule has 0 saturated carbocycles. The van der Waals surface area contributed by atoms with Crippen molar-refractivity contribution in [1.82, 2.24) is 4.98 Å². The Hall–Kier alpha value is -3.30. The van der Waals surface area contributed by atoms with Crippen LogP contribution in [0.5, 0.6) is 0 Å². The number of aromatic nitrogens is 1. The van der Waals surface area contributed by atoms with Crippen LogP contribution in [0.4, 0.5) is 35.1 Å². The topological polar surface area (TPSA) is 30.0 Å². The first kappa shape index (κ1) is 24.3. The van der Waals surface area contributed by atoms with Gasteiger partial charge in [-0.3, -0.25) is 9.78 Å². The maximum absolute atomic E-state index is 13.6. The van der Waals surface area contributed by atoms with Crippen molar-refractivity contribution in [2.24, 2.45) is 0 Å². The molecule has 2 nitrogen and oxygen atoms in total. The molecule has 10 heteroatoms. The summed E-state index contributed by atoms with van der Waals surface area (Å²) in [5, 5.41) is 0. The van der Waals surface area contributed by atoms with Gasteiger partial charge in [0, 0.05) is 31.0 Å². The molecule has 1 aromatic heterocycles. The summed E-state index contributed by atoms with van der Waals surface area (Å²) in [5.74, 6) is -3.87. The molecular weight excluding hydrogens is 458 g/mol. The fourth-order valence-electron chi connectivity index (χ4n) is 3.45. The van der Waals surface area contributed by atoms with Crippen molar-refractivity contribution in [3.63, 3.8) is 0 Å². The molecule has 0 aliphatic carbocycles. The van der Waals surface area contributed by atoms with Gasteiger partial charge in [0.15, 0.2) is 0 Å². The van der Waals surface area contributed by atoms with Crippen molar-refractivity contribution in [2.45, 2.75) is 31.1 Å². The summed E-state index contributed by atoms with van der Waals surface area (Å²) in [5.41, 5.74) is -2.71. The predicted octanol–water partition coefficient (Wildman–Crippen LogP) is 6.73. The highest BCUT2D eigenvalue weighted by Gasteiger charge is 2.37. The number of nitrogens with zero attached hydrogens (tertiary/aromatic N) is 1. The number of ketones is 1. The van der Waals surface area contributed by atoms with E-state index >= 15 is 0 Å². The Labute approximate surface area is 182 Å². The number of carbonyl (C=O) groups excluding carboxylic acids is 1. The first-order chi connectivity index (χ1) is 15.3. The van der Waals surface area contributed by atoms with Crippen LogP contribution in [0.2, 0.25) is 0 Å². The number of alkyl halides is 6. The molecule has 0 N–H and O–H groups in total. The number of hydrogen-bond acceptors (Lipinski definition) is 2. The minimum absolute atomic E-state index is 0.00553. The Morgan fingerprint density at radius 2 is 1.45 bits per heavy atom. The van der Waals surface area contributed by atoms with Crippen molar-refractivity contribution in [3.05, 3.63) is 100 Å². The number of carbonyl (C=O) groups is 1. The summed E-state index contributed by atoms with van der Waals surface area (Å²) in [6.07, 6.45) is -9.48. The molecule has 0 fully saturated rings. The van der Waals surface area contributed by atoms with Gasteiger partial charge in [-0.05, 0) is 47.5 Å². The minimum Gasteiger partial charge on any atom is -0.299 e. The van der Waals surface area contributed by atoms with Crippen LogP contribution < -0.4 is 0 Å². The maximum atomic E-state index is 13.6. The SMILES string of the molecule is O=C(Cc1cc(F)cc(F)c1)C[C@@H](c1ccc(C(F)(F)F)cc1)c1ncccc1C(F)(F)F. The van der Waals surface area contributed by atoms with Gasteiger partial charge in [-0.2, -0.15) is 26.3 Å². The summed E-state index contributed by atoms with van der Waals surface area (Å²) in [7, 11) is 0. The lowest BCUT2D eigenvalue weighted by molar-refractivity contribution is -0.139. The minimum atomic E-state index is -4.83. The Morgan fingerprint density at radius 1 is 0.848 bits per heavy atom. The zero-order chi connectivity index (χ0) is 24.4. The highest BCUT2D eigenvalue weighted by atomic mass is 19.4. The quantitative estimate of drug-likeness (QED) is 0.372. The number of Topliss-reactive ketones (excluding diaryl/α,β-unsaturated/α-hetero) is 1. The van der Waals surface area contributed by atoms with Gasteiger partial charge in [0.05, 0.1) is 16.8 Å². The van der Waals surface area contributed by atoms with Crippen molar-refractivity contribution in [2.75, 3.05) is 0 Å². The van der Waals surface area contributed by atoms with Gasteiger partial charge in [0.2, 0.25) is 0 Å². The Kier molecular flexibility index (Phi) is 6.85. The lowest BCUT2D eigenvalue weighted by Crippen LogP contribution is -2.18. The molecule has 0 amide bonds.